The molecule has 1 heterocycles. The number of allylic oxidation sites excluding steroid dienone is 7. The summed E-state index contributed by atoms with van der Waals surface area (Å²) in [7, 11) is 0. The number of rotatable bonds is 3. The summed E-state index contributed by atoms with van der Waals surface area (Å²) in [6, 6.07) is 10.7. The number of nitrogens with zero attached hydrogens (tertiary/aromatic N) is 1. The summed E-state index contributed by atoms with van der Waals surface area (Å²) in [6.45, 7) is 2.18. The van der Waals surface area contributed by atoms with Gasteiger partial charge in [0, 0.05) is 0 Å². The van der Waals surface area contributed by atoms with E-state index in [9.17, 15) is 0 Å². The van der Waals surface area contributed by atoms with Gasteiger partial charge in [0.2, 0.25) is 0 Å². The van der Waals surface area contributed by atoms with Crippen molar-refractivity contribution in [1.82, 2.24) is 0 Å². The smallest absolute Gasteiger partial charge is 0.147 e. The molecule has 1 aromatic rings. The fourth-order valence-electron chi connectivity index (χ4n) is 3.18. The molecule has 0 amide bonds. The number of benzene rings is 1. The van der Waals surface area contributed by atoms with Crippen LogP contribution in [-0.4, -0.2) is 2.16 Å². The Hall–Kier alpha value is -0.337. The second-order valence-corrected chi connectivity index (χ2v) is 12.9. The van der Waals surface area contributed by atoms with Crippen LogP contribution in [0.5, 0.6) is 0 Å². The van der Waals surface area contributed by atoms with Crippen LogP contribution >= 0.6 is 40.7 Å². The molecular formula is C19H18BrCl2NZr. The van der Waals surface area contributed by atoms with E-state index in [1.807, 2.05) is 0 Å². The van der Waals surface area contributed by atoms with Crippen LogP contribution in [0.1, 0.15) is 13.3 Å². The van der Waals surface area contributed by atoms with Gasteiger partial charge < -0.3 is 0 Å². The molecule has 0 N–H and O–H groups in total. The Balaban J connectivity index is 0.00000104. The van der Waals surface area contributed by atoms with Gasteiger partial charge in [-0.2, -0.15) is 0 Å². The molecule has 0 bridgehead atoms. The van der Waals surface area contributed by atoms with E-state index in [1.165, 1.54) is 22.5 Å². The monoisotopic (exact) mass is 499 g/mol. The third kappa shape index (κ3) is 3.60. The van der Waals surface area contributed by atoms with Crippen LogP contribution in [-0.2, 0) is 23.2 Å². The quantitative estimate of drug-likeness (QED) is 0.357. The van der Waals surface area contributed by atoms with Crippen molar-refractivity contribution >= 4 is 46.4 Å². The molecule has 0 spiro atoms. The number of alkyl halides is 1. The second kappa shape index (κ2) is 7.91. The number of anilines is 1. The third-order valence-corrected chi connectivity index (χ3v) is 9.30. The zero-order chi connectivity index (χ0) is 15.2. The molecule has 0 saturated carbocycles. The zero-order valence-electron chi connectivity index (χ0n) is 13.2. The van der Waals surface area contributed by atoms with Gasteiger partial charge >= 0.3 is 152 Å². The van der Waals surface area contributed by atoms with Crippen LogP contribution in [0.3, 0.4) is 0 Å². The van der Waals surface area contributed by atoms with Crippen molar-refractivity contribution in [3.8, 4) is 0 Å². The van der Waals surface area contributed by atoms with Crippen molar-refractivity contribution in [2.75, 3.05) is 4.90 Å². The van der Waals surface area contributed by atoms with E-state index in [0.717, 1.165) is 6.42 Å². The van der Waals surface area contributed by atoms with E-state index in [1.54, 1.807) is 3.28 Å². The number of para-hydroxylation sites is 1. The predicted molar refractivity (Wildman–Crippen MR) is 107 cm³/mol. The van der Waals surface area contributed by atoms with Gasteiger partial charge in [0.25, 0.3) is 0 Å². The van der Waals surface area contributed by atoms with E-state index in [-0.39, 0.29) is 27.0 Å². The molecule has 1 nitrogen and oxygen atoms in total. The van der Waals surface area contributed by atoms with Gasteiger partial charge in [-0.05, 0) is 0 Å². The van der Waals surface area contributed by atoms with Crippen LogP contribution in [0.15, 0.2) is 86.9 Å². The van der Waals surface area contributed by atoms with Gasteiger partial charge in [-0.3, -0.25) is 0 Å². The molecule has 2 aliphatic carbocycles. The summed E-state index contributed by atoms with van der Waals surface area (Å²) in [5.74, 6) is 0. The van der Waals surface area contributed by atoms with E-state index >= 15 is 0 Å². The Labute approximate surface area is 175 Å². The average Bonchev–Trinajstić information content (AvgIpc) is 3.15. The first-order valence-electron chi connectivity index (χ1n) is 7.47. The number of hydrogen-bond acceptors (Lipinski definition) is 1. The van der Waals surface area contributed by atoms with E-state index in [4.69, 9.17) is 0 Å². The molecule has 0 saturated heterocycles. The molecule has 124 valence electrons. The fraction of sp³-hybridized carbons (Fsp3) is 0.158. The standard InChI is InChI=1S/C14H11BrN.C5H5.2ClH.Zr/c1-10-7-11-9-14(15)16(13(11)8-10)12-5-3-2-4-6-12;1-2-4-5-3-1;;;/h2-9H,1H3;1-3H,4H2;2*1H;. The van der Waals surface area contributed by atoms with Gasteiger partial charge in [0.05, 0.1) is 0 Å². The Morgan fingerprint density at radius 1 is 1.12 bits per heavy atom. The van der Waals surface area contributed by atoms with Crippen molar-refractivity contribution in [2.24, 2.45) is 0 Å². The summed E-state index contributed by atoms with van der Waals surface area (Å²) in [6.07, 6.45) is 15.0. The maximum absolute atomic E-state index is 4.12. The molecule has 24 heavy (non-hydrogen) atoms. The first-order valence-corrected chi connectivity index (χ1v) is 10.7. The summed E-state index contributed by atoms with van der Waals surface area (Å²) >= 11 is 3.31. The third-order valence-electron chi connectivity index (χ3n) is 4.08. The average molecular weight is 502 g/mol. The normalized spacial score (nSPS) is 23.5. The van der Waals surface area contributed by atoms with Crippen LogP contribution in [0.2, 0.25) is 0 Å². The minimum Gasteiger partial charge on any atom is -0.147 e. The van der Waals surface area contributed by atoms with Gasteiger partial charge in [-0.1, -0.05) is 0 Å². The zero-order valence-corrected chi connectivity index (χ0v) is 18.9. The van der Waals surface area contributed by atoms with Crippen LogP contribution < -0.4 is 4.90 Å². The van der Waals surface area contributed by atoms with E-state index in [0.29, 0.717) is 0 Å². The van der Waals surface area contributed by atoms with Crippen molar-refractivity contribution in [3.63, 3.8) is 0 Å². The van der Waals surface area contributed by atoms with Crippen LogP contribution in [0, 0.1) is 0 Å². The number of fused-ring (bicyclic) bond motifs is 1. The van der Waals surface area contributed by atoms with E-state index in [2.05, 4.69) is 94.5 Å². The predicted octanol–water partition coefficient (Wildman–Crippen LogP) is 6.10. The molecule has 1 aromatic carbocycles. The maximum Gasteiger partial charge on any atom is -0.147 e. The van der Waals surface area contributed by atoms with Crippen LogP contribution in [0.4, 0.5) is 5.69 Å². The summed E-state index contributed by atoms with van der Waals surface area (Å²) in [5.41, 5.74) is 5.31. The summed E-state index contributed by atoms with van der Waals surface area (Å²) in [4.78, 5) is 2.50. The number of hydrogen-bond donors (Lipinski definition) is 0. The molecule has 1 atom stereocenters. The topological polar surface area (TPSA) is 3.24 Å². The molecule has 0 fully saturated rings. The Kier molecular flexibility index (Phi) is 6.59. The molecule has 0 radical (unpaired) electrons. The summed E-state index contributed by atoms with van der Waals surface area (Å²) < 4.78 is 1.63. The van der Waals surface area contributed by atoms with Crippen LogP contribution in [0.25, 0.3) is 0 Å². The minimum absolute atomic E-state index is 0. The molecule has 1 aliphatic heterocycles. The fourth-order valence-corrected chi connectivity index (χ4v) is 8.86. The molecule has 3 aliphatic rings. The van der Waals surface area contributed by atoms with Crippen molar-refractivity contribution in [3.05, 3.63) is 86.9 Å². The first-order chi connectivity index (χ1) is 10.7. The molecule has 0 aromatic heterocycles. The van der Waals surface area contributed by atoms with Crippen molar-refractivity contribution in [1.29, 1.82) is 0 Å². The SMILES string of the molecule is CC1=CC2=C[C](Br)([Zr][C]3=CC=CC3)N(c3ccccc3)C2=C1.Cl.Cl. The number of halogens is 3. The van der Waals surface area contributed by atoms with E-state index < -0.39 is 23.2 Å². The molecule has 4 rings (SSSR count). The first kappa shape index (κ1) is 20.0. The van der Waals surface area contributed by atoms with Gasteiger partial charge in [0.15, 0.2) is 0 Å². The Morgan fingerprint density at radius 2 is 1.88 bits per heavy atom. The molecular weight excluding hydrogens is 484 g/mol. The minimum atomic E-state index is -0.815. The Morgan fingerprint density at radius 3 is 2.54 bits per heavy atom. The van der Waals surface area contributed by atoms with Gasteiger partial charge in [-0.25, -0.2) is 0 Å². The van der Waals surface area contributed by atoms with Gasteiger partial charge in [-0.15, -0.1) is 24.8 Å². The molecule has 1 unspecified atom stereocenters. The second-order valence-electron chi connectivity index (χ2n) is 5.81. The summed E-state index contributed by atoms with van der Waals surface area (Å²) in [5, 5.41) is 0. The van der Waals surface area contributed by atoms with Crippen molar-refractivity contribution < 1.29 is 23.2 Å². The Bertz CT molecular complexity index is 780. The van der Waals surface area contributed by atoms with Gasteiger partial charge in [0.1, 0.15) is 0 Å². The maximum atomic E-state index is 4.12. The van der Waals surface area contributed by atoms with Crippen molar-refractivity contribution in [2.45, 2.75) is 15.5 Å². The largest absolute Gasteiger partial charge is 0.147 e. The molecule has 5 heteroatoms.